The van der Waals surface area contributed by atoms with Gasteiger partial charge in [0.2, 0.25) is 0 Å². The van der Waals surface area contributed by atoms with E-state index < -0.39 is 0 Å². The molecule has 0 atom stereocenters. The number of hydrogen-bond acceptors (Lipinski definition) is 3. The third kappa shape index (κ3) is 6.09. The maximum Gasteiger partial charge on any atom is 0.254 e. The predicted octanol–water partition coefficient (Wildman–Crippen LogP) is 6.69. The summed E-state index contributed by atoms with van der Waals surface area (Å²) in [6.07, 6.45) is 4.63. The molecule has 4 aromatic rings. The zero-order chi connectivity index (χ0) is 26.8. The van der Waals surface area contributed by atoms with E-state index in [9.17, 15) is 4.79 Å². The first-order valence-corrected chi connectivity index (χ1v) is 14.6. The Bertz CT molecular complexity index is 1450. The van der Waals surface area contributed by atoms with Crippen LogP contribution in [-0.2, 0) is 32.6 Å². The van der Waals surface area contributed by atoms with Crippen molar-refractivity contribution in [1.29, 1.82) is 0 Å². The largest absolute Gasteiger partial charge is 0.331 e. The zero-order valence-electron chi connectivity index (χ0n) is 23.4. The van der Waals surface area contributed by atoms with Gasteiger partial charge < -0.3 is 9.47 Å². The summed E-state index contributed by atoms with van der Waals surface area (Å²) >= 11 is 0. The highest BCUT2D eigenvalue weighted by atomic mass is 16.2. The quantitative estimate of drug-likeness (QED) is 0.234. The normalized spacial score (nSPS) is 15.6. The van der Waals surface area contributed by atoms with E-state index in [-0.39, 0.29) is 5.91 Å². The van der Waals surface area contributed by atoms with Crippen LogP contribution in [0.4, 0.5) is 0 Å². The van der Waals surface area contributed by atoms with Gasteiger partial charge in [0.25, 0.3) is 5.91 Å². The molecule has 0 bridgehead atoms. The number of hydrogen-bond donors (Lipinski definition) is 0. The minimum absolute atomic E-state index is 0.103. The second kappa shape index (κ2) is 11.4. The van der Waals surface area contributed by atoms with Gasteiger partial charge in [-0.15, -0.1) is 0 Å². The first-order chi connectivity index (χ1) is 19.0. The van der Waals surface area contributed by atoms with Gasteiger partial charge >= 0.3 is 0 Å². The van der Waals surface area contributed by atoms with Crippen LogP contribution in [0, 0.1) is 11.8 Å². The molecule has 1 aliphatic heterocycles. The molecule has 0 unspecified atom stereocenters. The Morgan fingerprint density at radius 3 is 2.62 bits per heavy atom. The molecule has 39 heavy (non-hydrogen) atoms. The Morgan fingerprint density at radius 1 is 1.00 bits per heavy atom. The maximum atomic E-state index is 14.0. The highest BCUT2D eigenvalue weighted by Crippen LogP contribution is 2.33. The van der Waals surface area contributed by atoms with E-state index in [4.69, 9.17) is 4.98 Å². The van der Waals surface area contributed by atoms with Crippen LogP contribution in [0.15, 0.2) is 72.8 Å². The number of nitrogens with zero attached hydrogens (tertiary/aromatic N) is 4. The van der Waals surface area contributed by atoms with Crippen LogP contribution in [0.1, 0.15) is 66.0 Å². The lowest BCUT2D eigenvalue weighted by atomic mass is 9.99. The minimum Gasteiger partial charge on any atom is -0.331 e. The average Bonchev–Trinajstić information content (AvgIpc) is 3.71. The van der Waals surface area contributed by atoms with Gasteiger partial charge in [0.15, 0.2) is 0 Å². The number of imidazole rings is 1. The van der Waals surface area contributed by atoms with Crippen molar-refractivity contribution in [3.63, 3.8) is 0 Å². The van der Waals surface area contributed by atoms with Crippen LogP contribution in [0.5, 0.6) is 0 Å². The van der Waals surface area contributed by atoms with Crippen LogP contribution in [0.25, 0.3) is 11.0 Å². The third-order valence-electron chi connectivity index (χ3n) is 8.26. The topological polar surface area (TPSA) is 41.4 Å². The van der Waals surface area contributed by atoms with Gasteiger partial charge in [0, 0.05) is 38.3 Å². The number of aromatic nitrogens is 2. The summed E-state index contributed by atoms with van der Waals surface area (Å²) < 4.78 is 2.37. The summed E-state index contributed by atoms with van der Waals surface area (Å²) in [4.78, 5) is 23.5. The molecule has 0 saturated heterocycles. The second-order valence-electron chi connectivity index (χ2n) is 11.9. The van der Waals surface area contributed by atoms with Crippen molar-refractivity contribution in [2.45, 2.75) is 65.7 Å². The number of carbonyl (C=O) groups excluding carboxylic acids is 1. The Hall–Kier alpha value is -3.44. The molecular weight excluding hydrogens is 480 g/mol. The monoisotopic (exact) mass is 520 g/mol. The molecule has 1 saturated carbocycles. The zero-order valence-corrected chi connectivity index (χ0v) is 23.4. The van der Waals surface area contributed by atoms with Crippen LogP contribution < -0.4 is 0 Å². The summed E-state index contributed by atoms with van der Waals surface area (Å²) in [5.74, 6) is 2.37. The van der Waals surface area contributed by atoms with Crippen molar-refractivity contribution in [2.75, 3.05) is 13.1 Å². The highest BCUT2D eigenvalue weighted by Gasteiger charge is 2.26. The van der Waals surface area contributed by atoms with E-state index in [2.05, 4.69) is 84.0 Å². The number of rotatable bonds is 10. The standard InChI is InChI=1S/C34H40N4O/c1-25(2)16-19-37(24-33-35-31-12-5-6-13-32(31)38(33)22-26-14-15-26)34(39)29-11-7-8-27(20-29)21-36-18-17-28-9-3-4-10-30(28)23-36/h3-13,20,25-26H,14-19,21-24H2,1-2H3. The lowest BCUT2D eigenvalue weighted by molar-refractivity contribution is 0.0729. The lowest BCUT2D eigenvalue weighted by Crippen LogP contribution is -2.33. The molecule has 0 radical (unpaired) electrons. The van der Waals surface area contributed by atoms with Crippen LogP contribution in [0.3, 0.4) is 0 Å². The molecular formula is C34H40N4O. The highest BCUT2D eigenvalue weighted by molar-refractivity contribution is 5.94. The number of fused-ring (bicyclic) bond motifs is 2. The molecule has 5 nitrogen and oxygen atoms in total. The summed E-state index contributed by atoms with van der Waals surface area (Å²) in [7, 11) is 0. The minimum atomic E-state index is 0.103. The van der Waals surface area contributed by atoms with Crippen molar-refractivity contribution in [3.05, 3.63) is 101 Å². The molecule has 0 N–H and O–H groups in total. The van der Waals surface area contributed by atoms with E-state index >= 15 is 0 Å². The smallest absolute Gasteiger partial charge is 0.254 e. The number of amides is 1. The van der Waals surface area contributed by atoms with E-state index in [1.807, 2.05) is 17.0 Å². The molecule has 3 aromatic carbocycles. The van der Waals surface area contributed by atoms with Gasteiger partial charge in [-0.2, -0.15) is 0 Å². The van der Waals surface area contributed by atoms with E-state index in [1.54, 1.807) is 0 Å². The lowest BCUT2D eigenvalue weighted by Gasteiger charge is -2.29. The fourth-order valence-corrected chi connectivity index (χ4v) is 5.78. The van der Waals surface area contributed by atoms with Crippen molar-refractivity contribution < 1.29 is 4.79 Å². The molecule has 6 rings (SSSR count). The van der Waals surface area contributed by atoms with E-state index in [0.717, 1.165) is 68.4 Å². The molecule has 1 aromatic heterocycles. The second-order valence-corrected chi connectivity index (χ2v) is 11.9. The first-order valence-electron chi connectivity index (χ1n) is 14.6. The van der Waals surface area contributed by atoms with E-state index in [0.29, 0.717) is 12.5 Å². The van der Waals surface area contributed by atoms with Gasteiger partial charge in [0.05, 0.1) is 17.6 Å². The summed E-state index contributed by atoms with van der Waals surface area (Å²) in [5.41, 5.74) is 7.06. The molecule has 1 amide bonds. The van der Waals surface area contributed by atoms with Gasteiger partial charge in [-0.1, -0.05) is 62.4 Å². The van der Waals surface area contributed by atoms with Crippen LogP contribution in [-0.4, -0.2) is 38.3 Å². The fourth-order valence-electron chi connectivity index (χ4n) is 5.78. The van der Waals surface area contributed by atoms with Gasteiger partial charge in [-0.05, 0) is 78.5 Å². The molecule has 0 spiro atoms. The number of benzene rings is 3. The Morgan fingerprint density at radius 2 is 1.79 bits per heavy atom. The molecule has 1 fully saturated rings. The molecule has 2 heterocycles. The summed E-state index contributed by atoms with van der Waals surface area (Å²) in [5, 5.41) is 0. The maximum absolute atomic E-state index is 14.0. The van der Waals surface area contributed by atoms with Crippen LogP contribution in [0.2, 0.25) is 0 Å². The number of carbonyl (C=O) groups is 1. The van der Waals surface area contributed by atoms with Gasteiger partial charge in [-0.3, -0.25) is 9.69 Å². The molecule has 202 valence electrons. The Labute approximate surface area is 232 Å². The molecule has 1 aliphatic carbocycles. The third-order valence-corrected chi connectivity index (χ3v) is 8.26. The fraction of sp³-hybridized carbons (Fsp3) is 0.412. The van der Waals surface area contributed by atoms with E-state index in [1.165, 1.54) is 35.0 Å². The summed E-state index contributed by atoms with van der Waals surface area (Å²) in [6.45, 7) is 9.59. The van der Waals surface area contributed by atoms with Crippen molar-refractivity contribution in [2.24, 2.45) is 11.8 Å². The van der Waals surface area contributed by atoms with Gasteiger partial charge in [0.1, 0.15) is 5.82 Å². The Kier molecular flexibility index (Phi) is 7.51. The van der Waals surface area contributed by atoms with Crippen molar-refractivity contribution in [3.8, 4) is 0 Å². The molecule has 5 heteroatoms. The van der Waals surface area contributed by atoms with Crippen molar-refractivity contribution in [1.82, 2.24) is 19.4 Å². The van der Waals surface area contributed by atoms with Gasteiger partial charge in [-0.25, -0.2) is 4.98 Å². The predicted molar refractivity (Wildman–Crippen MR) is 157 cm³/mol. The SMILES string of the molecule is CC(C)CCN(Cc1nc2ccccc2n1CC1CC1)C(=O)c1cccc(CN2CCc3ccccc3C2)c1. The van der Waals surface area contributed by atoms with Crippen LogP contribution >= 0.6 is 0 Å². The summed E-state index contributed by atoms with van der Waals surface area (Å²) in [6, 6.07) is 25.4. The average molecular weight is 521 g/mol. The van der Waals surface area contributed by atoms with Crippen molar-refractivity contribution >= 4 is 16.9 Å². The first kappa shape index (κ1) is 25.8. The molecule has 2 aliphatic rings. The number of para-hydroxylation sites is 2. The Balaban J connectivity index is 1.22.